The Balaban J connectivity index is 0.000000460. The number of hydrogen-bond donors (Lipinski definition) is 6. The highest BCUT2D eigenvalue weighted by atomic mass is 16.5. The lowest BCUT2D eigenvalue weighted by Crippen LogP contribution is -2.00. The first kappa shape index (κ1) is 20.1. The molecule has 6 N–H and O–H groups in total. The summed E-state index contributed by atoms with van der Waals surface area (Å²) in [6.07, 6.45) is 0. The monoisotopic (exact) mass is 350 g/mol. The third-order valence-electron chi connectivity index (χ3n) is 2.85. The Morgan fingerprint density at radius 3 is 1.96 bits per heavy atom. The molecule has 0 unspecified atom stereocenters. The minimum Gasteiger partial charge on any atom is -0.508 e. The number of hydrogen-bond acceptors (Lipinski definition) is 8. The van der Waals surface area contributed by atoms with Crippen LogP contribution < -0.4 is 5.43 Å². The third-order valence-corrected chi connectivity index (χ3v) is 2.85. The number of fused-ring (bicyclic) bond motifs is 1. The molecule has 0 aliphatic rings. The van der Waals surface area contributed by atoms with Gasteiger partial charge in [0.25, 0.3) is 0 Å². The number of benzene rings is 2. The largest absolute Gasteiger partial charge is 0.508 e. The Morgan fingerprint density at radius 2 is 1.40 bits per heavy atom. The van der Waals surface area contributed by atoms with E-state index < -0.39 is 13.6 Å². The zero-order valence-electron chi connectivity index (χ0n) is 13.0. The molecule has 3 aromatic rings. The van der Waals surface area contributed by atoms with E-state index in [-0.39, 0.29) is 27.9 Å². The van der Waals surface area contributed by atoms with Crippen molar-refractivity contribution in [2.75, 3.05) is 13.6 Å². The van der Waals surface area contributed by atoms with Crippen molar-refractivity contribution >= 4 is 11.0 Å². The van der Waals surface area contributed by atoms with Gasteiger partial charge in [-0.25, -0.2) is 0 Å². The van der Waals surface area contributed by atoms with Crippen LogP contribution in [-0.2, 0) is 0 Å². The van der Waals surface area contributed by atoms with Crippen molar-refractivity contribution < 1.29 is 35.1 Å². The van der Waals surface area contributed by atoms with E-state index in [0.717, 1.165) is 11.6 Å². The lowest BCUT2D eigenvalue weighted by molar-refractivity contribution is 0.0767. The van der Waals surface area contributed by atoms with E-state index in [2.05, 4.69) is 0 Å². The summed E-state index contributed by atoms with van der Waals surface area (Å²) < 4.78 is 5.57. The molecule has 8 nitrogen and oxygen atoms in total. The maximum Gasteiger partial charge on any atom is 0.197 e. The highest BCUT2D eigenvalue weighted by Gasteiger charge is 2.11. The summed E-state index contributed by atoms with van der Waals surface area (Å²) in [5.74, 6) is -0.0511. The van der Waals surface area contributed by atoms with Crippen molar-refractivity contribution in [3.63, 3.8) is 0 Å². The molecule has 0 amide bonds. The van der Waals surface area contributed by atoms with Gasteiger partial charge in [-0.15, -0.1) is 0 Å². The predicted molar refractivity (Wildman–Crippen MR) is 89.9 cm³/mol. The summed E-state index contributed by atoms with van der Waals surface area (Å²) in [5.41, 5.74) is 0.561. The van der Waals surface area contributed by atoms with Gasteiger partial charge in [0.15, 0.2) is 5.43 Å². The molecule has 0 aliphatic heterocycles. The van der Waals surface area contributed by atoms with Gasteiger partial charge in [-0.1, -0.05) is 30.3 Å². The van der Waals surface area contributed by atoms with Crippen LogP contribution in [0.2, 0.25) is 0 Å². The Labute approximate surface area is 142 Å². The number of phenols is 2. The van der Waals surface area contributed by atoms with Gasteiger partial charge in [0.1, 0.15) is 41.8 Å². The number of aliphatic hydroxyl groups excluding tert-OH is 2. The topological polar surface area (TPSA) is 152 Å². The van der Waals surface area contributed by atoms with Crippen LogP contribution in [0.25, 0.3) is 22.3 Å². The number of rotatable bonds is 1. The van der Waals surface area contributed by atoms with Crippen LogP contribution in [0, 0.1) is 0 Å². The van der Waals surface area contributed by atoms with E-state index in [9.17, 15) is 15.0 Å². The van der Waals surface area contributed by atoms with Crippen molar-refractivity contribution in [1.82, 2.24) is 0 Å². The first-order valence-corrected chi connectivity index (χ1v) is 6.97. The summed E-state index contributed by atoms with van der Waals surface area (Å²) in [5, 5.41) is 47.7. The number of aliphatic hydroxyl groups is 4. The van der Waals surface area contributed by atoms with Gasteiger partial charge < -0.3 is 35.1 Å². The Kier molecular flexibility index (Phi) is 8.10. The van der Waals surface area contributed by atoms with Gasteiger partial charge in [0.05, 0.1) is 0 Å². The summed E-state index contributed by atoms with van der Waals surface area (Å²) in [6.45, 7) is -1.50. The van der Waals surface area contributed by atoms with E-state index >= 15 is 0 Å². The van der Waals surface area contributed by atoms with Crippen LogP contribution >= 0.6 is 0 Å². The van der Waals surface area contributed by atoms with Crippen LogP contribution in [0.15, 0.2) is 57.7 Å². The zero-order valence-corrected chi connectivity index (χ0v) is 13.0. The smallest absolute Gasteiger partial charge is 0.197 e. The normalized spacial score (nSPS) is 9.60. The van der Waals surface area contributed by atoms with E-state index in [1.165, 1.54) is 12.1 Å². The lowest BCUT2D eigenvalue weighted by atomic mass is 10.1. The molecule has 0 saturated carbocycles. The zero-order chi connectivity index (χ0) is 18.8. The second-order valence-electron chi connectivity index (χ2n) is 4.46. The van der Waals surface area contributed by atoms with E-state index in [0.29, 0.717) is 5.76 Å². The molecule has 1 heterocycles. The molecule has 2 aromatic carbocycles. The molecule has 134 valence electrons. The second kappa shape index (κ2) is 10.1. The molecular formula is C17H18O8. The van der Waals surface area contributed by atoms with Gasteiger partial charge in [-0.3, -0.25) is 4.79 Å². The standard InChI is InChI=1S/C15H10O4.2CH4O2/c16-10-6-11(17)15-12(18)8-13(19-14(15)7-10)9-4-2-1-3-5-9;2*2-1-3/h1-8,16-17H;2*2-3H,1H2. The molecule has 0 aliphatic carbocycles. The molecule has 0 atom stereocenters. The first-order valence-electron chi connectivity index (χ1n) is 6.97. The average Bonchev–Trinajstić information content (AvgIpc) is 2.56. The van der Waals surface area contributed by atoms with Crippen molar-refractivity contribution in [1.29, 1.82) is 0 Å². The van der Waals surface area contributed by atoms with Gasteiger partial charge in [-0.2, -0.15) is 0 Å². The molecular weight excluding hydrogens is 332 g/mol. The SMILES string of the molecule is O=c1cc(-c2ccccc2)oc2cc(O)cc(O)c12.OCO.OCO. The van der Waals surface area contributed by atoms with Gasteiger partial charge in [0.2, 0.25) is 0 Å². The molecule has 0 bridgehead atoms. The van der Waals surface area contributed by atoms with Crippen LogP contribution in [0.3, 0.4) is 0 Å². The van der Waals surface area contributed by atoms with Gasteiger partial charge in [0, 0.05) is 23.8 Å². The van der Waals surface area contributed by atoms with Crippen LogP contribution in [0.4, 0.5) is 0 Å². The number of phenolic OH excluding ortho intramolecular Hbond substituents is 2. The summed E-state index contributed by atoms with van der Waals surface area (Å²) >= 11 is 0. The Hall–Kier alpha value is -2.91. The molecule has 25 heavy (non-hydrogen) atoms. The fraction of sp³-hybridized carbons (Fsp3) is 0.118. The van der Waals surface area contributed by atoms with Crippen molar-refractivity contribution in [3.8, 4) is 22.8 Å². The van der Waals surface area contributed by atoms with Gasteiger partial charge in [-0.05, 0) is 0 Å². The Morgan fingerprint density at radius 1 is 0.840 bits per heavy atom. The minimum atomic E-state index is -0.750. The average molecular weight is 350 g/mol. The molecule has 3 rings (SSSR count). The quantitative estimate of drug-likeness (QED) is 0.351. The predicted octanol–water partition coefficient (Wildman–Crippen LogP) is 0.728. The molecule has 0 radical (unpaired) electrons. The lowest BCUT2D eigenvalue weighted by Gasteiger charge is -2.04. The molecule has 0 fully saturated rings. The maximum atomic E-state index is 12.0. The Bertz CT molecular complexity index is 840. The summed E-state index contributed by atoms with van der Waals surface area (Å²) in [4.78, 5) is 12.0. The fourth-order valence-corrected chi connectivity index (χ4v) is 2.00. The van der Waals surface area contributed by atoms with Crippen LogP contribution in [0.1, 0.15) is 0 Å². The van der Waals surface area contributed by atoms with Crippen LogP contribution in [-0.4, -0.2) is 44.2 Å². The molecule has 1 aromatic heterocycles. The maximum absolute atomic E-state index is 12.0. The summed E-state index contributed by atoms with van der Waals surface area (Å²) in [6, 6.07) is 12.9. The van der Waals surface area contributed by atoms with Crippen molar-refractivity contribution in [3.05, 3.63) is 58.8 Å². The molecule has 0 spiro atoms. The van der Waals surface area contributed by atoms with E-state index in [1.807, 2.05) is 30.3 Å². The summed E-state index contributed by atoms with van der Waals surface area (Å²) in [7, 11) is 0. The van der Waals surface area contributed by atoms with E-state index in [4.69, 9.17) is 24.8 Å². The van der Waals surface area contributed by atoms with Crippen molar-refractivity contribution in [2.24, 2.45) is 0 Å². The minimum absolute atomic E-state index is 0.0671. The molecule has 8 heteroatoms. The van der Waals surface area contributed by atoms with Crippen molar-refractivity contribution in [2.45, 2.75) is 0 Å². The first-order chi connectivity index (χ1) is 12.0. The highest BCUT2D eigenvalue weighted by Crippen LogP contribution is 2.30. The number of aromatic hydroxyl groups is 2. The highest BCUT2D eigenvalue weighted by molar-refractivity contribution is 5.85. The second-order valence-corrected chi connectivity index (χ2v) is 4.46. The van der Waals surface area contributed by atoms with E-state index in [1.54, 1.807) is 0 Å². The van der Waals surface area contributed by atoms with Crippen LogP contribution in [0.5, 0.6) is 11.5 Å². The van der Waals surface area contributed by atoms with Gasteiger partial charge >= 0.3 is 0 Å². The third kappa shape index (κ3) is 5.59. The fourth-order valence-electron chi connectivity index (χ4n) is 2.00. The molecule has 0 saturated heterocycles.